The van der Waals surface area contributed by atoms with E-state index in [1.54, 1.807) is 0 Å². The summed E-state index contributed by atoms with van der Waals surface area (Å²) in [6.45, 7) is -0.576. The van der Waals surface area contributed by atoms with Crippen molar-refractivity contribution in [2.45, 2.75) is 5.92 Å². The Hall–Kier alpha value is -3.14. The van der Waals surface area contributed by atoms with Crippen molar-refractivity contribution >= 4 is 5.82 Å². The lowest BCUT2D eigenvalue weighted by Gasteiger charge is -2.19. The summed E-state index contributed by atoms with van der Waals surface area (Å²) < 4.78 is 1.98. The second kappa shape index (κ2) is 6.54. The van der Waals surface area contributed by atoms with Gasteiger partial charge in [0.1, 0.15) is 11.6 Å². The van der Waals surface area contributed by atoms with Gasteiger partial charge in [0.2, 0.25) is 6.54 Å². The van der Waals surface area contributed by atoms with Crippen LogP contribution < -0.4 is 22.5 Å². The minimum Gasteiger partial charge on any atom is -0.508 e. The van der Waals surface area contributed by atoms with Crippen molar-refractivity contribution in [3.63, 3.8) is 0 Å². The minimum absolute atomic E-state index is 0.00280. The molecule has 4 N–H and O–H groups in total. The normalized spacial score (nSPS) is 12.0. The summed E-state index contributed by atoms with van der Waals surface area (Å²) >= 11 is 0. The Morgan fingerprint density at radius 2 is 1.83 bits per heavy atom. The number of nitrogens with zero attached hydrogens (tertiary/aromatic N) is 3. The summed E-state index contributed by atoms with van der Waals surface area (Å²) in [5.74, 6) is 4.49. The molecule has 0 radical (unpaired) electrons. The van der Waals surface area contributed by atoms with Gasteiger partial charge in [-0.1, -0.05) is 12.1 Å². The van der Waals surface area contributed by atoms with Crippen LogP contribution in [0.15, 0.2) is 33.9 Å². The quantitative estimate of drug-likeness (QED) is 0.379. The van der Waals surface area contributed by atoms with Gasteiger partial charge in [-0.05, 0) is 17.7 Å². The second-order valence-corrected chi connectivity index (χ2v) is 5.27. The van der Waals surface area contributed by atoms with Crippen LogP contribution in [0.4, 0.5) is 5.82 Å². The number of hydrogen-bond acceptors (Lipinski definition) is 7. The predicted molar refractivity (Wildman–Crippen MR) is 86.5 cm³/mol. The van der Waals surface area contributed by atoms with Gasteiger partial charge >= 0.3 is 5.69 Å². The SMILES string of the molecule is Cn1c(NN)c(C(C[N+](=O)[O-])c2ccc(O)cc2)c(=O)n(C)c1=O. The number of aromatic nitrogens is 2. The Morgan fingerprint density at radius 3 is 2.33 bits per heavy atom. The zero-order valence-corrected chi connectivity index (χ0v) is 13.1. The number of nitrogens with two attached hydrogens (primary N) is 1. The number of rotatable bonds is 5. The first-order valence-electron chi connectivity index (χ1n) is 6.95. The summed E-state index contributed by atoms with van der Waals surface area (Å²) in [4.78, 5) is 35.1. The van der Waals surface area contributed by atoms with Crippen LogP contribution in [0.1, 0.15) is 17.0 Å². The van der Waals surface area contributed by atoms with Crippen molar-refractivity contribution in [3.8, 4) is 5.75 Å². The standard InChI is InChI=1S/C14H17N5O5/c1-17-12(16-15)11(13(21)18(2)14(17)22)10(7-19(23)24)8-3-5-9(20)6-4-8/h3-6,10,16,20H,7,15H2,1-2H3. The van der Waals surface area contributed by atoms with Gasteiger partial charge in [-0.3, -0.25) is 24.0 Å². The molecule has 128 valence electrons. The Bertz CT molecular complexity index is 884. The highest BCUT2D eigenvalue weighted by atomic mass is 16.6. The molecule has 1 unspecified atom stereocenters. The number of nitrogens with one attached hydrogen (secondary N) is 1. The van der Waals surface area contributed by atoms with Crippen molar-refractivity contribution in [2.75, 3.05) is 12.0 Å². The van der Waals surface area contributed by atoms with Crippen LogP contribution in [0.2, 0.25) is 0 Å². The van der Waals surface area contributed by atoms with E-state index < -0.39 is 28.6 Å². The molecule has 2 aromatic rings. The molecule has 0 amide bonds. The van der Waals surface area contributed by atoms with Gasteiger partial charge < -0.3 is 10.5 Å². The fourth-order valence-electron chi connectivity index (χ4n) is 2.58. The van der Waals surface area contributed by atoms with Gasteiger partial charge in [0.25, 0.3) is 5.56 Å². The topological polar surface area (TPSA) is 145 Å². The Morgan fingerprint density at radius 1 is 1.25 bits per heavy atom. The highest BCUT2D eigenvalue weighted by Crippen LogP contribution is 2.28. The summed E-state index contributed by atoms with van der Waals surface area (Å²) in [6.07, 6.45) is 0. The minimum atomic E-state index is -0.947. The Labute approximate surface area is 135 Å². The molecule has 0 saturated heterocycles. The molecule has 0 spiro atoms. The molecule has 0 aliphatic carbocycles. The van der Waals surface area contributed by atoms with Crippen LogP contribution in [0.3, 0.4) is 0 Å². The molecule has 1 aromatic carbocycles. The number of phenols is 1. The van der Waals surface area contributed by atoms with E-state index in [1.165, 1.54) is 38.4 Å². The monoisotopic (exact) mass is 335 g/mol. The Balaban J connectivity index is 2.80. The lowest BCUT2D eigenvalue weighted by Crippen LogP contribution is -2.42. The molecule has 0 bridgehead atoms. The van der Waals surface area contributed by atoms with E-state index in [-0.39, 0.29) is 17.1 Å². The molecule has 0 aliphatic heterocycles. The number of anilines is 1. The van der Waals surface area contributed by atoms with Gasteiger partial charge in [-0.2, -0.15) is 0 Å². The fraction of sp³-hybridized carbons (Fsp3) is 0.286. The molecule has 10 heteroatoms. The summed E-state index contributed by atoms with van der Waals surface area (Å²) in [6, 6.07) is 5.69. The molecular weight excluding hydrogens is 318 g/mol. The number of hydrogen-bond donors (Lipinski definition) is 3. The van der Waals surface area contributed by atoms with Crippen LogP contribution >= 0.6 is 0 Å². The molecule has 1 heterocycles. The lowest BCUT2D eigenvalue weighted by atomic mass is 9.92. The van der Waals surface area contributed by atoms with E-state index in [2.05, 4.69) is 5.43 Å². The van der Waals surface area contributed by atoms with E-state index in [9.17, 15) is 24.8 Å². The van der Waals surface area contributed by atoms with E-state index in [4.69, 9.17) is 5.84 Å². The van der Waals surface area contributed by atoms with Crippen molar-refractivity contribution in [1.82, 2.24) is 9.13 Å². The van der Waals surface area contributed by atoms with Crippen LogP contribution in [0.5, 0.6) is 5.75 Å². The average Bonchev–Trinajstić information content (AvgIpc) is 2.55. The molecule has 24 heavy (non-hydrogen) atoms. The molecule has 0 fully saturated rings. The third kappa shape index (κ3) is 2.99. The van der Waals surface area contributed by atoms with Gasteiger partial charge in [0.05, 0.1) is 11.5 Å². The van der Waals surface area contributed by atoms with E-state index in [0.717, 1.165) is 9.13 Å². The largest absolute Gasteiger partial charge is 0.508 e. The second-order valence-electron chi connectivity index (χ2n) is 5.27. The van der Waals surface area contributed by atoms with E-state index in [0.29, 0.717) is 5.56 Å². The van der Waals surface area contributed by atoms with E-state index >= 15 is 0 Å². The number of nitro groups is 1. The van der Waals surface area contributed by atoms with Crippen LogP contribution in [0, 0.1) is 10.1 Å². The molecular formula is C14H17N5O5. The Kier molecular flexibility index (Phi) is 4.69. The first-order chi connectivity index (χ1) is 11.3. The van der Waals surface area contributed by atoms with Crippen molar-refractivity contribution in [2.24, 2.45) is 19.9 Å². The van der Waals surface area contributed by atoms with Crippen LogP contribution in [-0.2, 0) is 14.1 Å². The number of benzene rings is 1. The summed E-state index contributed by atoms with van der Waals surface area (Å²) in [5.41, 5.74) is 1.45. The number of hydrazine groups is 1. The molecule has 10 nitrogen and oxygen atoms in total. The maximum atomic E-state index is 12.6. The highest BCUT2D eigenvalue weighted by molar-refractivity contribution is 5.49. The number of aromatic hydroxyl groups is 1. The van der Waals surface area contributed by atoms with Crippen molar-refractivity contribution < 1.29 is 10.0 Å². The zero-order valence-electron chi connectivity index (χ0n) is 13.1. The van der Waals surface area contributed by atoms with Crippen molar-refractivity contribution in [1.29, 1.82) is 0 Å². The van der Waals surface area contributed by atoms with Gasteiger partial charge in [-0.15, -0.1) is 0 Å². The summed E-state index contributed by atoms with van der Waals surface area (Å²) in [5, 5.41) is 20.5. The number of phenolic OH excluding ortho intramolecular Hbond substituents is 1. The van der Waals surface area contributed by atoms with Gasteiger partial charge in [0.15, 0.2) is 0 Å². The van der Waals surface area contributed by atoms with Gasteiger partial charge in [0, 0.05) is 19.0 Å². The molecule has 2 rings (SSSR count). The zero-order chi connectivity index (χ0) is 18.0. The first-order valence-corrected chi connectivity index (χ1v) is 6.95. The molecule has 0 aliphatic rings. The van der Waals surface area contributed by atoms with Crippen LogP contribution in [0.25, 0.3) is 0 Å². The average molecular weight is 335 g/mol. The maximum Gasteiger partial charge on any atom is 0.332 e. The third-order valence-electron chi connectivity index (χ3n) is 3.81. The molecule has 0 saturated carbocycles. The molecule has 1 atom stereocenters. The van der Waals surface area contributed by atoms with Crippen LogP contribution in [-0.4, -0.2) is 25.7 Å². The predicted octanol–water partition coefficient (Wildman–Crippen LogP) is -0.516. The summed E-state index contributed by atoms with van der Waals surface area (Å²) in [7, 11) is 2.69. The lowest BCUT2D eigenvalue weighted by molar-refractivity contribution is -0.481. The highest BCUT2D eigenvalue weighted by Gasteiger charge is 2.29. The fourth-order valence-corrected chi connectivity index (χ4v) is 2.58. The van der Waals surface area contributed by atoms with Crippen molar-refractivity contribution in [3.05, 3.63) is 66.3 Å². The van der Waals surface area contributed by atoms with E-state index in [1.807, 2.05) is 0 Å². The maximum absolute atomic E-state index is 12.6. The smallest absolute Gasteiger partial charge is 0.332 e. The van der Waals surface area contributed by atoms with Gasteiger partial charge in [-0.25, -0.2) is 10.6 Å². The molecule has 1 aromatic heterocycles. The third-order valence-corrected chi connectivity index (χ3v) is 3.81. The number of nitrogen functional groups attached to an aromatic ring is 1. The first kappa shape index (κ1) is 17.2.